The quantitative estimate of drug-likeness (QED) is 0.836. The minimum absolute atomic E-state index is 0.313. The van der Waals surface area contributed by atoms with E-state index < -0.39 is 35.9 Å². The van der Waals surface area contributed by atoms with E-state index in [0.29, 0.717) is 15.7 Å². The summed E-state index contributed by atoms with van der Waals surface area (Å²) < 4.78 is 5.46. The first kappa shape index (κ1) is 14.4. The van der Waals surface area contributed by atoms with Crippen LogP contribution in [0.4, 0.5) is 5.69 Å². The van der Waals surface area contributed by atoms with Gasteiger partial charge in [-0.15, -0.1) is 0 Å². The molecule has 21 heavy (non-hydrogen) atoms. The highest BCUT2D eigenvalue weighted by molar-refractivity contribution is 6.42. The molecule has 3 rings (SSSR count). The fraction of sp³-hybridized carbons (Fsp3) is 0.286. The van der Waals surface area contributed by atoms with Crippen LogP contribution in [0.25, 0.3) is 0 Å². The maximum absolute atomic E-state index is 12.4. The molecular weight excluding hydrogens is 317 g/mol. The van der Waals surface area contributed by atoms with Crippen molar-refractivity contribution in [1.82, 2.24) is 0 Å². The van der Waals surface area contributed by atoms with Crippen LogP contribution in [0.15, 0.2) is 30.4 Å². The number of anilines is 1. The molecule has 0 spiro atoms. The van der Waals surface area contributed by atoms with Gasteiger partial charge < -0.3 is 15.2 Å². The van der Waals surface area contributed by atoms with Gasteiger partial charge in [-0.2, -0.15) is 0 Å². The number of nitrogens with one attached hydrogen (secondary N) is 1. The number of carboxylic acids is 1. The van der Waals surface area contributed by atoms with E-state index >= 15 is 0 Å². The summed E-state index contributed by atoms with van der Waals surface area (Å²) in [6.45, 7) is 0. The summed E-state index contributed by atoms with van der Waals surface area (Å²) in [6.07, 6.45) is 2.37. The lowest BCUT2D eigenvalue weighted by Gasteiger charge is -2.21. The topological polar surface area (TPSA) is 75.6 Å². The van der Waals surface area contributed by atoms with Crippen molar-refractivity contribution in [3.05, 3.63) is 40.4 Å². The summed E-state index contributed by atoms with van der Waals surface area (Å²) in [5.74, 6) is -3.08. The summed E-state index contributed by atoms with van der Waals surface area (Å²) in [6, 6.07) is 4.68. The Kier molecular flexibility index (Phi) is 3.65. The highest BCUT2D eigenvalue weighted by Gasteiger charge is 2.53. The molecular formula is C14H11Cl2NO4. The monoisotopic (exact) mass is 327 g/mol. The highest BCUT2D eigenvalue weighted by Crippen LogP contribution is 2.40. The van der Waals surface area contributed by atoms with Gasteiger partial charge in [0.15, 0.2) is 0 Å². The number of amides is 1. The Balaban J connectivity index is 1.80. The molecule has 5 nitrogen and oxygen atoms in total. The van der Waals surface area contributed by atoms with E-state index in [1.54, 1.807) is 24.3 Å². The lowest BCUT2D eigenvalue weighted by atomic mass is 9.82. The number of benzene rings is 1. The average molecular weight is 328 g/mol. The van der Waals surface area contributed by atoms with Crippen molar-refractivity contribution < 1.29 is 19.4 Å². The molecule has 7 heteroatoms. The summed E-state index contributed by atoms with van der Waals surface area (Å²) in [5.41, 5.74) is 0.463. The van der Waals surface area contributed by atoms with Crippen molar-refractivity contribution in [3.63, 3.8) is 0 Å². The van der Waals surface area contributed by atoms with Gasteiger partial charge in [0.1, 0.15) is 5.92 Å². The number of halogens is 2. The number of carbonyl (C=O) groups excluding carboxylic acids is 1. The van der Waals surface area contributed by atoms with E-state index in [4.69, 9.17) is 27.9 Å². The third kappa shape index (κ3) is 2.52. The second-order valence-corrected chi connectivity index (χ2v) is 5.77. The highest BCUT2D eigenvalue weighted by atomic mass is 35.5. The minimum atomic E-state index is -1.04. The first-order valence-corrected chi connectivity index (χ1v) is 7.05. The largest absolute Gasteiger partial charge is 0.481 e. The van der Waals surface area contributed by atoms with Crippen LogP contribution in [0, 0.1) is 11.8 Å². The second-order valence-electron chi connectivity index (χ2n) is 4.96. The second kappa shape index (κ2) is 5.33. The Morgan fingerprint density at radius 2 is 1.76 bits per heavy atom. The number of rotatable bonds is 3. The Bertz CT molecular complexity index is 646. The molecule has 0 aliphatic carbocycles. The third-order valence-electron chi connectivity index (χ3n) is 3.67. The average Bonchev–Trinajstić information content (AvgIpc) is 3.03. The maximum Gasteiger partial charge on any atom is 0.310 e. The standard InChI is InChI=1S/C14H11Cl2NO4/c15-7-2-1-6(5-8(7)16)17-13(18)11-9-3-4-10(21-9)12(11)14(19)20/h1-5,9-12H,(H,17,18)(H,19,20). The summed E-state index contributed by atoms with van der Waals surface area (Å²) >= 11 is 11.7. The Labute approximate surface area is 130 Å². The van der Waals surface area contributed by atoms with Gasteiger partial charge in [-0.1, -0.05) is 35.4 Å². The lowest BCUT2D eigenvalue weighted by molar-refractivity contribution is -0.145. The van der Waals surface area contributed by atoms with Crippen LogP contribution in [0.5, 0.6) is 0 Å². The van der Waals surface area contributed by atoms with E-state index in [-0.39, 0.29) is 0 Å². The number of carboxylic acid groups (broad SMARTS) is 1. The van der Waals surface area contributed by atoms with Gasteiger partial charge in [0.25, 0.3) is 0 Å². The number of hydrogen-bond acceptors (Lipinski definition) is 3. The van der Waals surface area contributed by atoms with Crippen LogP contribution in [-0.4, -0.2) is 29.2 Å². The molecule has 1 saturated heterocycles. The number of hydrogen-bond donors (Lipinski definition) is 2. The number of ether oxygens (including phenoxy) is 1. The Morgan fingerprint density at radius 3 is 2.38 bits per heavy atom. The molecule has 0 aromatic heterocycles. The van der Waals surface area contributed by atoms with Gasteiger partial charge in [-0.25, -0.2) is 0 Å². The van der Waals surface area contributed by atoms with E-state index in [1.165, 1.54) is 6.07 Å². The number of carbonyl (C=O) groups is 2. The Morgan fingerprint density at radius 1 is 1.10 bits per heavy atom. The van der Waals surface area contributed by atoms with Crippen LogP contribution in [0.1, 0.15) is 0 Å². The molecule has 1 aromatic rings. The molecule has 1 amide bonds. The summed E-state index contributed by atoms with van der Waals surface area (Å²) in [7, 11) is 0. The normalized spacial score (nSPS) is 29.6. The summed E-state index contributed by atoms with van der Waals surface area (Å²) in [5, 5.41) is 12.6. The van der Waals surface area contributed by atoms with Crippen LogP contribution in [0.3, 0.4) is 0 Å². The van der Waals surface area contributed by atoms with Gasteiger partial charge >= 0.3 is 5.97 Å². The van der Waals surface area contributed by atoms with Crippen molar-refractivity contribution in [3.8, 4) is 0 Å². The van der Waals surface area contributed by atoms with E-state index in [9.17, 15) is 14.7 Å². The van der Waals surface area contributed by atoms with Crippen molar-refractivity contribution >= 4 is 40.8 Å². The van der Waals surface area contributed by atoms with E-state index in [2.05, 4.69) is 5.32 Å². The van der Waals surface area contributed by atoms with Gasteiger partial charge in [-0.05, 0) is 18.2 Å². The first-order chi connectivity index (χ1) is 9.97. The van der Waals surface area contributed by atoms with Crippen molar-refractivity contribution in [2.24, 2.45) is 11.8 Å². The zero-order valence-electron chi connectivity index (χ0n) is 10.6. The molecule has 2 bridgehead atoms. The number of aliphatic carboxylic acids is 1. The SMILES string of the molecule is O=C(O)C1C2C=CC(O2)C1C(=O)Nc1ccc(Cl)c(Cl)c1. The van der Waals surface area contributed by atoms with Crippen LogP contribution in [-0.2, 0) is 14.3 Å². The fourth-order valence-corrected chi connectivity index (χ4v) is 3.01. The molecule has 2 N–H and O–H groups in total. The zero-order valence-corrected chi connectivity index (χ0v) is 12.1. The lowest BCUT2D eigenvalue weighted by Crippen LogP contribution is -2.39. The van der Waals surface area contributed by atoms with Crippen LogP contribution < -0.4 is 5.32 Å². The molecule has 0 saturated carbocycles. The van der Waals surface area contributed by atoms with Gasteiger partial charge in [0, 0.05) is 5.69 Å². The first-order valence-electron chi connectivity index (χ1n) is 6.30. The van der Waals surface area contributed by atoms with E-state index in [0.717, 1.165) is 0 Å². The zero-order chi connectivity index (χ0) is 15.1. The van der Waals surface area contributed by atoms with Gasteiger partial charge in [0.2, 0.25) is 5.91 Å². The predicted octanol–water partition coefficient (Wildman–Crippen LogP) is 2.59. The van der Waals surface area contributed by atoms with Gasteiger partial charge in [0.05, 0.1) is 28.2 Å². The maximum atomic E-state index is 12.4. The molecule has 4 unspecified atom stereocenters. The van der Waals surface area contributed by atoms with Gasteiger partial charge in [-0.3, -0.25) is 9.59 Å². The molecule has 2 aliphatic heterocycles. The Hall–Kier alpha value is -1.56. The molecule has 2 heterocycles. The van der Waals surface area contributed by atoms with Crippen molar-refractivity contribution in [1.29, 1.82) is 0 Å². The molecule has 1 fully saturated rings. The smallest absolute Gasteiger partial charge is 0.310 e. The third-order valence-corrected chi connectivity index (χ3v) is 4.41. The number of fused-ring (bicyclic) bond motifs is 2. The molecule has 0 radical (unpaired) electrons. The van der Waals surface area contributed by atoms with E-state index in [1.807, 2.05) is 0 Å². The fourth-order valence-electron chi connectivity index (χ4n) is 2.71. The molecule has 110 valence electrons. The predicted molar refractivity (Wildman–Crippen MR) is 77.5 cm³/mol. The molecule has 2 aliphatic rings. The summed E-state index contributed by atoms with van der Waals surface area (Å²) in [4.78, 5) is 23.7. The van der Waals surface area contributed by atoms with Crippen molar-refractivity contribution in [2.45, 2.75) is 12.2 Å². The molecule has 4 atom stereocenters. The van der Waals surface area contributed by atoms with Crippen LogP contribution >= 0.6 is 23.2 Å². The van der Waals surface area contributed by atoms with Crippen molar-refractivity contribution in [2.75, 3.05) is 5.32 Å². The van der Waals surface area contributed by atoms with Crippen LogP contribution in [0.2, 0.25) is 10.0 Å². The molecule has 1 aromatic carbocycles. The minimum Gasteiger partial charge on any atom is -0.481 e.